The maximum atomic E-state index is 13.5. The second-order valence-corrected chi connectivity index (χ2v) is 10.1. The number of hydrogen-bond donors (Lipinski definition) is 1. The third kappa shape index (κ3) is 7.13. The van der Waals surface area contributed by atoms with E-state index in [-0.39, 0.29) is 23.8 Å². The summed E-state index contributed by atoms with van der Waals surface area (Å²) < 4.78 is 17.6. The summed E-state index contributed by atoms with van der Waals surface area (Å²) in [6.45, 7) is 8.86. The van der Waals surface area contributed by atoms with Gasteiger partial charge in [-0.05, 0) is 37.1 Å². The third-order valence-electron chi connectivity index (χ3n) is 6.09. The van der Waals surface area contributed by atoms with Crippen LogP contribution in [0, 0.1) is 6.92 Å². The van der Waals surface area contributed by atoms with Crippen LogP contribution in [0.4, 0.5) is 5.82 Å². The first-order valence-electron chi connectivity index (χ1n) is 12.5. The number of carbonyl (C=O) groups excluding carboxylic acids is 2. The van der Waals surface area contributed by atoms with Gasteiger partial charge in [0.15, 0.2) is 0 Å². The standard InChI is InChI=1S/C29H38N4O5/c1-20-11-8-9-12-24(20)33-26(18-25(31-33)29(2,3)4)30-27(34)19-32(13-10-14-36-5)28(35)21-15-22(37-6)17-23(16-21)38-7/h8-9,11-12,15-18H,10,13-14,19H2,1-7H3,(H,30,34). The summed E-state index contributed by atoms with van der Waals surface area (Å²) in [5, 5.41) is 7.79. The highest BCUT2D eigenvalue weighted by atomic mass is 16.5. The molecule has 2 aromatic carbocycles. The summed E-state index contributed by atoms with van der Waals surface area (Å²) in [5.41, 5.74) is 2.88. The van der Waals surface area contributed by atoms with Crippen LogP contribution in [0.15, 0.2) is 48.5 Å². The van der Waals surface area contributed by atoms with Crippen molar-refractivity contribution in [1.29, 1.82) is 0 Å². The molecule has 0 aliphatic rings. The molecule has 0 aliphatic heterocycles. The topological polar surface area (TPSA) is 94.9 Å². The first-order valence-corrected chi connectivity index (χ1v) is 12.5. The first-order chi connectivity index (χ1) is 18.1. The number of methoxy groups -OCH3 is 3. The van der Waals surface area contributed by atoms with Crippen molar-refractivity contribution in [2.45, 2.75) is 39.5 Å². The molecular formula is C29H38N4O5. The average Bonchev–Trinajstić information content (AvgIpc) is 3.31. The summed E-state index contributed by atoms with van der Waals surface area (Å²) in [4.78, 5) is 28.3. The van der Waals surface area contributed by atoms with Gasteiger partial charge >= 0.3 is 0 Å². The smallest absolute Gasteiger partial charge is 0.254 e. The Labute approximate surface area is 224 Å². The van der Waals surface area contributed by atoms with Crippen LogP contribution < -0.4 is 14.8 Å². The van der Waals surface area contributed by atoms with Crippen molar-refractivity contribution in [3.63, 3.8) is 0 Å². The summed E-state index contributed by atoms with van der Waals surface area (Å²) in [6.07, 6.45) is 0.575. The number of amides is 2. The van der Waals surface area contributed by atoms with Gasteiger partial charge in [-0.3, -0.25) is 9.59 Å². The largest absolute Gasteiger partial charge is 0.497 e. The highest BCUT2D eigenvalue weighted by molar-refractivity contribution is 5.99. The molecule has 0 atom stereocenters. The van der Waals surface area contributed by atoms with Crippen LogP contribution in [0.3, 0.4) is 0 Å². The van der Waals surface area contributed by atoms with E-state index in [0.717, 1.165) is 16.9 Å². The highest BCUT2D eigenvalue weighted by Crippen LogP contribution is 2.28. The number of nitrogens with one attached hydrogen (secondary N) is 1. The Morgan fingerprint density at radius 1 is 1.00 bits per heavy atom. The molecule has 0 aliphatic carbocycles. The minimum absolute atomic E-state index is 0.147. The Hall–Kier alpha value is -3.85. The Bertz CT molecular complexity index is 1240. The lowest BCUT2D eigenvalue weighted by molar-refractivity contribution is -0.117. The zero-order valence-corrected chi connectivity index (χ0v) is 23.3. The van der Waals surface area contributed by atoms with Crippen LogP contribution >= 0.6 is 0 Å². The monoisotopic (exact) mass is 522 g/mol. The van der Waals surface area contributed by atoms with Crippen molar-refractivity contribution in [1.82, 2.24) is 14.7 Å². The van der Waals surface area contributed by atoms with Gasteiger partial charge in [-0.2, -0.15) is 5.10 Å². The van der Waals surface area contributed by atoms with Gasteiger partial charge in [-0.25, -0.2) is 4.68 Å². The molecule has 0 fully saturated rings. The van der Waals surface area contributed by atoms with Gasteiger partial charge in [-0.1, -0.05) is 39.0 Å². The van der Waals surface area contributed by atoms with Crippen LogP contribution in [0.5, 0.6) is 11.5 Å². The Kier molecular flexibility index (Phi) is 9.52. The highest BCUT2D eigenvalue weighted by Gasteiger charge is 2.24. The number of aryl methyl sites for hydroxylation is 1. The molecule has 38 heavy (non-hydrogen) atoms. The minimum Gasteiger partial charge on any atom is -0.497 e. The molecule has 9 heteroatoms. The van der Waals surface area contributed by atoms with Crippen LogP contribution in [0.25, 0.3) is 5.69 Å². The van der Waals surface area contributed by atoms with Crippen LogP contribution in [0.2, 0.25) is 0 Å². The van der Waals surface area contributed by atoms with Gasteiger partial charge in [0.2, 0.25) is 5.91 Å². The van der Waals surface area contributed by atoms with E-state index in [1.807, 2.05) is 37.3 Å². The predicted octanol–water partition coefficient (Wildman–Crippen LogP) is 4.61. The number of benzene rings is 2. The van der Waals surface area contributed by atoms with E-state index < -0.39 is 0 Å². The molecule has 0 spiro atoms. The van der Waals surface area contributed by atoms with E-state index in [0.29, 0.717) is 42.5 Å². The van der Waals surface area contributed by atoms with Crippen molar-refractivity contribution in [2.24, 2.45) is 0 Å². The Balaban J connectivity index is 1.90. The Morgan fingerprint density at radius 2 is 1.66 bits per heavy atom. The first kappa shape index (κ1) is 28.7. The molecule has 0 bridgehead atoms. The molecule has 204 valence electrons. The number of hydrogen-bond acceptors (Lipinski definition) is 6. The number of ether oxygens (including phenoxy) is 3. The quantitative estimate of drug-likeness (QED) is 0.370. The summed E-state index contributed by atoms with van der Waals surface area (Å²) in [5.74, 6) is 0.885. The van der Waals surface area contributed by atoms with Crippen molar-refractivity contribution < 1.29 is 23.8 Å². The maximum Gasteiger partial charge on any atom is 0.254 e. The van der Waals surface area contributed by atoms with E-state index in [2.05, 4.69) is 26.1 Å². The molecule has 3 aromatic rings. The second kappa shape index (κ2) is 12.6. The van der Waals surface area contributed by atoms with Crippen molar-refractivity contribution in [3.05, 3.63) is 65.4 Å². The summed E-state index contributed by atoms with van der Waals surface area (Å²) in [7, 11) is 4.65. The molecule has 0 saturated carbocycles. The lowest BCUT2D eigenvalue weighted by Crippen LogP contribution is -2.39. The summed E-state index contributed by atoms with van der Waals surface area (Å²) >= 11 is 0. The summed E-state index contributed by atoms with van der Waals surface area (Å²) in [6, 6.07) is 14.7. The molecule has 1 heterocycles. The van der Waals surface area contributed by atoms with E-state index in [1.165, 1.54) is 19.1 Å². The molecule has 9 nitrogen and oxygen atoms in total. The fraction of sp³-hybridized carbons (Fsp3) is 0.414. The van der Waals surface area contributed by atoms with E-state index in [9.17, 15) is 9.59 Å². The number of carbonyl (C=O) groups is 2. The van der Waals surface area contributed by atoms with Crippen molar-refractivity contribution in [2.75, 3.05) is 46.3 Å². The predicted molar refractivity (Wildman–Crippen MR) is 148 cm³/mol. The van der Waals surface area contributed by atoms with Gasteiger partial charge in [0.05, 0.1) is 25.6 Å². The number of para-hydroxylation sites is 1. The number of rotatable bonds is 11. The van der Waals surface area contributed by atoms with E-state index in [1.54, 1.807) is 30.0 Å². The van der Waals surface area contributed by atoms with Crippen LogP contribution in [0.1, 0.15) is 48.8 Å². The zero-order chi connectivity index (χ0) is 27.9. The fourth-order valence-corrected chi connectivity index (χ4v) is 3.94. The maximum absolute atomic E-state index is 13.5. The van der Waals surface area contributed by atoms with Gasteiger partial charge in [0, 0.05) is 43.4 Å². The number of aromatic nitrogens is 2. The molecule has 0 radical (unpaired) electrons. The second-order valence-electron chi connectivity index (χ2n) is 10.1. The van der Waals surface area contributed by atoms with Crippen molar-refractivity contribution >= 4 is 17.6 Å². The van der Waals surface area contributed by atoms with Gasteiger partial charge < -0.3 is 24.4 Å². The fourth-order valence-electron chi connectivity index (χ4n) is 3.94. The molecule has 1 aromatic heterocycles. The van der Waals surface area contributed by atoms with Gasteiger partial charge in [0.25, 0.3) is 5.91 Å². The molecule has 0 saturated heterocycles. The Morgan fingerprint density at radius 3 is 2.24 bits per heavy atom. The molecule has 1 N–H and O–H groups in total. The lowest BCUT2D eigenvalue weighted by Gasteiger charge is -2.23. The van der Waals surface area contributed by atoms with Crippen molar-refractivity contribution in [3.8, 4) is 17.2 Å². The van der Waals surface area contributed by atoms with E-state index >= 15 is 0 Å². The minimum atomic E-state index is -0.333. The lowest BCUT2D eigenvalue weighted by atomic mass is 9.92. The molecular weight excluding hydrogens is 484 g/mol. The average molecular weight is 523 g/mol. The van der Waals surface area contributed by atoms with Crippen LogP contribution in [-0.2, 0) is 14.9 Å². The third-order valence-corrected chi connectivity index (χ3v) is 6.09. The molecule has 3 rings (SSSR count). The van der Waals surface area contributed by atoms with Crippen LogP contribution in [-0.4, -0.2) is 67.5 Å². The van der Waals surface area contributed by atoms with Gasteiger partial charge in [-0.15, -0.1) is 0 Å². The molecule has 0 unspecified atom stereocenters. The van der Waals surface area contributed by atoms with Gasteiger partial charge in [0.1, 0.15) is 23.9 Å². The SMILES string of the molecule is COCCCN(CC(=O)Nc1cc(C(C)(C)C)nn1-c1ccccc1C)C(=O)c1cc(OC)cc(OC)c1. The van der Waals surface area contributed by atoms with E-state index in [4.69, 9.17) is 19.3 Å². The zero-order valence-electron chi connectivity index (χ0n) is 23.3. The number of nitrogens with zero attached hydrogens (tertiary/aromatic N) is 3. The molecule has 2 amide bonds. The normalized spacial score (nSPS) is 11.2. The number of anilines is 1.